The van der Waals surface area contributed by atoms with Gasteiger partial charge in [-0.15, -0.1) is 0 Å². The first-order valence-electron chi connectivity index (χ1n) is 7.52. The van der Waals surface area contributed by atoms with E-state index in [4.69, 9.17) is 4.74 Å². The smallest absolute Gasteiger partial charge is 0.126 e. The number of hydrogen-bond donors (Lipinski definition) is 0. The topological polar surface area (TPSA) is 48.1 Å². The maximum Gasteiger partial charge on any atom is 0.126 e. The van der Waals surface area contributed by atoms with Crippen LogP contribution in [0.5, 0.6) is 0 Å². The first kappa shape index (κ1) is 14.3. The molecule has 21 heavy (non-hydrogen) atoms. The summed E-state index contributed by atoms with van der Waals surface area (Å²) in [5, 5.41) is 4.24. The van der Waals surface area contributed by atoms with Crippen molar-refractivity contribution in [3.8, 4) is 0 Å². The Balaban J connectivity index is 1.73. The number of nitrogens with zero attached hydrogens (tertiary/aromatic N) is 5. The molecule has 0 spiro atoms. The summed E-state index contributed by atoms with van der Waals surface area (Å²) in [6.45, 7) is 8.55. The van der Waals surface area contributed by atoms with Crippen LogP contribution in [0.3, 0.4) is 0 Å². The summed E-state index contributed by atoms with van der Waals surface area (Å²) in [6.07, 6.45) is 5.97. The van der Waals surface area contributed by atoms with Crippen molar-refractivity contribution in [1.82, 2.24) is 24.2 Å². The molecule has 0 aromatic carbocycles. The molecule has 0 fully saturated rings. The van der Waals surface area contributed by atoms with Gasteiger partial charge < -0.3 is 9.30 Å². The van der Waals surface area contributed by atoms with E-state index in [0.29, 0.717) is 12.6 Å². The van der Waals surface area contributed by atoms with Crippen LogP contribution >= 0.6 is 0 Å². The first-order valence-corrected chi connectivity index (χ1v) is 7.52. The third kappa shape index (κ3) is 2.87. The van der Waals surface area contributed by atoms with E-state index in [9.17, 15) is 0 Å². The highest BCUT2D eigenvalue weighted by Crippen LogP contribution is 2.26. The fraction of sp³-hybridized carbons (Fsp3) is 0.600. The Hall–Kier alpha value is -1.66. The maximum atomic E-state index is 5.52. The summed E-state index contributed by atoms with van der Waals surface area (Å²) in [6, 6.07) is 0.314. The Labute approximate surface area is 125 Å². The molecule has 0 aliphatic carbocycles. The zero-order chi connectivity index (χ0) is 14.8. The molecule has 0 radical (unpaired) electrons. The standard InChI is InChI=1S/C15H23N5O/c1-4-21-11-14-8-16-15-12(2)19(5-6-20(14)15)10-13-7-17-18(3)9-13/h7-9,12H,4-6,10-11H2,1-3H3/t12-/m0/s1. The van der Waals surface area contributed by atoms with E-state index in [1.807, 2.05) is 31.0 Å². The van der Waals surface area contributed by atoms with Crippen molar-refractivity contribution in [2.24, 2.45) is 7.05 Å². The average molecular weight is 289 g/mol. The second-order valence-electron chi connectivity index (χ2n) is 5.57. The number of aromatic nitrogens is 4. The van der Waals surface area contributed by atoms with Gasteiger partial charge in [0.25, 0.3) is 0 Å². The largest absolute Gasteiger partial charge is 0.375 e. The minimum absolute atomic E-state index is 0.314. The number of imidazole rings is 1. The second kappa shape index (κ2) is 5.99. The predicted octanol–water partition coefficient (Wildman–Crippen LogP) is 1.73. The van der Waals surface area contributed by atoms with E-state index in [1.54, 1.807) is 0 Å². The van der Waals surface area contributed by atoms with Gasteiger partial charge in [0.2, 0.25) is 0 Å². The molecule has 114 valence electrons. The molecule has 0 amide bonds. The third-order valence-corrected chi connectivity index (χ3v) is 4.10. The fourth-order valence-corrected chi connectivity index (χ4v) is 2.93. The van der Waals surface area contributed by atoms with Crippen LogP contribution in [-0.4, -0.2) is 37.4 Å². The molecule has 6 heteroatoms. The van der Waals surface area contributed by atoms with Gasteiger partial charge in [-0.05, 0) is 13.8 Å². The molecule has 2 aromatic heterocycles. The number of aryl methyl sites for hydroxylation is 1. The molecule has 3 rings (SSSR count). The van der Waals surface area contributed by atoms with Crippen molar-refractivity contribution >= 4 is 0 Å². The van der Waals surface area contributed by atoms with Crippen molar-refractivity contribution in [3.63, 3.8) is 0 Å². The SMILES string of the molecule is CCOCc1cnc2n1CCN(Cc1cnn(C)c1)[C@H]2C. The molecule has 0 N–H and O–H groups in total. The summed E-state index contributed by atoms with van der Waals surface area (Å²) in [4.78, 5) is 7.06. The number of fused-ring (bicyclic) bond motifs is 1. The van der Waals surface area contributed by atoms with Gasteiger partial charge in [-0.2, -0.15) is 5.10 Å². The molecule has 1 aliphatic rings. The van der Waals surface area contributed by atoms with E-state index in [0.717, 1.165) is 32.1 Å². The van der Waals surface area contributed by atoms with Crippen molar-refractivity contribution < 1.29 is 4.74 Å². The van der Waals surface area contributed by atoms with Gasteiger partial charge in [0.15, 0.2) is 0 Å². The first-order chi connectivity index (χ1) is 10.2. The summed E-state index contributed by atoms with van der Waals surface area (Å²) in [5.41, 5.74) is 2.43. The van der Waals surface area contributed by atoms with E-state index < -0.39 is 0 Å². The highest BCUT2D eigenvalue weighted by Gasteiger charge is 2.27. The van der Waals surface area contributed by atoms with Gasteiger partial charge in [-0.3, -0.25) is 9.58 Å². The second-order valence-corrected chi connectivity index (χ2v) is 5.57. The Morgan fingerprint density at radius 2 is 2.19 bits per heavy atom. The van der Waals surface area contributed by atoms with Crippen molar-refractivity contribution in [1.29, 1.82) is 0 Å². The molecule has 0 unspecified atom stereocenters. The Kier molecular flexibility index (Phi) is 4.07. The van der Waals surface area contributed by atoms with Crippen molar-refractivity contribution in [2.45, 2.75) is 39.6 Å². The highest BCUT2D eigenvalue weighted by molar-refractivity contribution is 5.12. The number of rotatable bonds is 5. The van der Waals surface area contributed by atoms with Crippen LogP contribution in [0.1, 0.15) is 37.0 Å². The van der Waals surface area contributed by atoms with Gasteiger partial charge >= 0.3 is 0 Å². The lowest BCUT2D eigenvalue weighted by Gasteiger charge is -2.34. The molecular formula is C15H23N5O. The highest BCUT2D eigenvalue weighted by atomic mass is 16.5. The van der Waals surface area contributed by atoms with Crippen LogP contribution in [0.15, 0.2) is 18.6 Å². The lowest BCUT2D eigenvalue weighted by atomic mass is 10.2. The molecule has 3 heterocycles. The quantitative estimate of drug-likeness (QED) is 0.841. The summed E-state index contributed by atoms with van der Waals surface area (Å²) in [7, 11) is 1.95. The van der Waals surface area contributed by atoms with E-state index in [-0.39, 0.29) is 0 Å². The van der Waals surface area contributed by atoms with Gasteiger partial charge in [0.05, 0.1) is 30.7 Å². The lowest BCUT2D eigenvalue weighted by Crippen LogP contribution is -2.37. The summed E-state index contributed by atoms with van der Waals surface area (Å²) < 4.78 is 9.68. The molecule has 0 saturated carbocycles. The van der Waals surface area contributed by atoms with Crippen LogP contribution in [-0.2, 0) is 31.5 Å². The lowest BCUT2D eigenvalue weighted by molar-refractivity contribution is 0.119. The third-order valence-electron chi connectivity index (χ3n) is 4.10. The van der Waals surface area contributed by atoms with Crippen LogP contribution < -0.4 is 0 Å². The predicted molar refractivity (Wildman–Crippen MR) is 79.6 cm³/mol. The minimum atomic E-state index is 0.314. The van der Waals surface area contributed by atoms with Crippen molar-refractivity contribution in [2.75, 3.05) is 13.2 Å². The van der Waals surface area contributed by atoms with Crippen LogP contribution in [0.25, 0.3) is 0 Å². The normalized spacial score (nSPS) is 18.9. The molecule has 2 aromatic rings. The number of hydrogen-bond acceptors (Lipinski definition) is 4. The van der Waals surface area contributed by atoms with Crippen molar-refractivity contribution in [3.05, 3.63) is 35.7 Å². The molecular weight excluding hydrogens is 266 g/mol. The van der Waals surface area contributed by atoms with Gasteiger partial charge in [0, 0.05) is 45.0 Å². The Bertz CT molecular complexity index is 603. The van der Waals surface area contributed by atoms with Crippen LogP contribution in [0.4, 0.5) is 0 Å². The fourth-order valence-electron chi connectivity index (χ4n) is 2.93. The molecule has 0 saturated heterocycles. The number of ether oxygens (including phenoxy) is 1. The zero-order valence-corrected chi connectivity index (χ0v) is 13.0. The zero-order valence-electron chi connectivity index (χ0n) is 13.0. The molecule has 1 atom stereocenters. The maximum absolute atomic E-state index is 5.52. The molecule has 1 aliphatic heterocycles. The van der Waals surface area contributed by atoms with Gasteiger partial charge in [0.1, 0.15) is 5.82 Å². The van der Waals surface area contributed by atoms with E-state index in [1.165, 1.54) is 11.3 Å². The van der Waals surface area contributed by atoms with Crippen LogP contribution in [0.2, 0.25) is 0 Å². The average Bonchev–Trinajstić information content (AvgIpc) is 3.06. The molecule has 0 bridgehead atoms. The van der Waals surface area contributed by atoms with Crippen LogP contribution in [0, 0.1) is 0 Å². The molecule has 6 nitrogen and oxygen atoms in total. The Morgan fingerprint density at radius 1 is 1.33 bits per heavy atom. The van der Waals surface area contributed by atoms with Gasteiger partial charge in [-0.1, -0.05) is 0 Å². The van der Waals surface area contributed by atoms with Gasteiger partial charge in [-0.25, -0.2) is 4.98 Å². The Morgan fingerprint density at radius 3 is 2.90 bits per heavy atom. The monoisotopic (exact) mass is 289 g/mol. The minimum Gasteiger partial charge on any atom is -0.375 e. The van der Waals surface area contributed by atoms with E-state index in [2.05, 4.69) is 32.7 Å². The summed E-state index contributed by atoms with van der Waals surface area (Å²) in [5.74, 6) is 1.14. The summed E-state index contributed by atoms with van der Waals surface area (Å²) >= 11 is 0. The van der Waals surface area contributed by atoms with E-state index >= 15 is 0 Å².